The second-order valence-electron chi connectivity index (χ2n) is 6.99. The van der Waals surface area contributed by atoms with Gasteiger partial charge < -0.3 is 10.6 Å². The molecule has 0 radical (unpaired) electrons. The molecule has 2 fully saturated rings. The molecule has 0 aliphatic carbocycles. The Morgan fingerprint density at radius 3 is 2.15 bits per heavy atom. The lowest BCUT2D eigenvalue weighted by Gasteiger charge is -2.50. The van der Waals surface area contributed by atoms with Crippen LogP contribution < -0.4 is 5.73 Å². The van der Waals surface area contributed by atoms with Crippen LogP contribution in [-0.4, -0.2) is 54.6 Å². The van der Waals surface area contributed by atoms with Gasteiger partial charge in [-0.25, -0.2) is 0 Å². The first-order valence-corrected chi connectivity index (χ1v) is 8.91. The molecule has 3 heteroatoms. The lowest BCUT2D eigenvalue weighted by Crippen LogP contribution is -2.61. The summed E-state index contributed by atoms with van der Waals surface area (Å²) in [6.07, 6.45) is 9.40. The molecule has 0 unspecified atom stereocenters. The molecule has 20 heavy (non-hydrogen) atoms. The first kappa shape index (κ1) is 16.3. The molecule has 0 spiro atoms. The Morgan fingerprint density at radius 1 is 1.00 bits per heavy atom. The van der Waals surface area contributed by atoms with Gasteiger partial charge in [0.25, 0.3) is 0 Å². The zero-order chi connectivity index (χ0) is 14.4. The second-order valence-corrected chi connectivity index (χ2v) is 6.99. The minimum atomic E-state index is 0.321. The molecule has 2 aliphatic rings. The van der Waals surface area contributed by atoms with Crippen LogP contribution >= 0.6 is 0 Å². The van der Waals surface area contributed by atoms with Crippen molar-refractivity contribution in [2.24, 2.45) is 11.7 Å². The SMILES string of the molecule is CCCC1CCN(C2(CN)CCN(CCC)CC2)CC1. The highest BCUT2D eigenvalue weighted by atomic mass is 15.2. The minimum Gasteiger partial charge on any atom is -0.329 e. The zero-order valence-electron chi connectivity index (χ0n) is 13.7. The molecule has 0 atom stereocenters. The fourth-order valence-corrected chi connectivity index (χ4v) is 4.26. The van der Waals surface area contributed by atoms with Crippen LogP contribution in [0.3, 0.4) is 0 Å². The Hall–Kier alpha value is -0.120. The molecule has 0 aromatic rings. The van der Waals surface area contributed by atoms with E-state index in [1.165, 1.54) is 77.7 Å². The number of rotatable bonds is 6. The van der Waals surface area contributed by atoms with Gasteiger partial charge in [-0.1, -0.05) is 26.7 Å². The van der Waals surface area contributed by atoms with E-state index in [1.807, 2.05) is 0 Å². The van der Waals surface area contributed by atoms with E-state index in [2.05, 4.69) is 23.6 Å². The summed E-state index contributed by atoms with van der Waals surface area (Å²) in [6, 6.07) is 0. The van der Waals surface area contributed by atoms with Crippen molar-refractivity contribution >= 4 is 0 Å². The number of hydrogen-bond donors (Lipinski definition) is 1. The molecule has 2 N–H and O–H groups in total. The van der Waals surface area contributed by atoms with Crippen LogP contribution in [0.25, 0.3) is 0 Å². The van der Waals surface area contributed by atoms with E-state index < -0.39 is 0 Å². The minimum absolute atomic E-state index is 0.321. The number of likely N-dealkylation sites (tertiary alicyclic amines) is 2. The van der Waals surface area contributed by atoms with Crippen molar-refractivity contribution in [3.05, 3.63) is 0 Å². The average Bonchev–Trinajstić information content (AvgIpc) is 2.50. The monoisotopic (exact) mass is 281 g/mol. The van der Waals surface area contributed by atoms with E-state index in [0.717, 1.165) is 12.5 Å². The lowest BCUT2D eigenvalue weighted by atomic mass is 9.82. The number of piperidine rings is 2. The van der Waals surface area contributed by atoms with Gasteiger partial charge in [0, 0.05) is 12.1 Å². The molecular formula is C17H35N3. The van der Waals surface area contributed by atoms with Gasteiger partial charge >= 0.3 is 0 Å². The summed E-state index contributed by atoms with van der Waals surface area (Å²) in [4.78, 5) is 5.38. The summed E-state index contributed by atoms with van der Waals surface area (Å²) < 4.78 is 0. The third kappa shape index (κ3) is 3.75. The van der Waals surface area contributed by atoms with Gasteiger partial charge in [-0.05, 0) is 70.7 Å². The van der Waals surface area contributed by atoms with Crippen LogP contribution in [0.5, 0.6) is 0 Å². The van der Waals surface area contributed by atoms with E-state index >= 15 is 0 Å². The number of nitrogens with two attached hydrogens (primary N) is 1. The van der Waals surface area contributed by atoms with E-state index in [-0.39, 0.29) is 0 Å². The number of nitrogens with zero attached hydrogens (tertiary/aromatic N) is 2. The molecule has 2 aliphatic heterocycles. The van der Waals surface area contributed by atoms with Gasteiger partial charge in [-0.15, -0.1) is 0 Å². The van der Waals surface area contributed by atoms with Gasteiger partial charge in [-0.3, -0.25) is 4.90 Å². The Bertz CT molecular complexity index is 263. The second kappa shape index (κ2) is 7.77. The van der Waals surface area contributed by atoms with Crippen molar-refractivity contribution in [1.82, 2.24) is 9.80 Å². The highest BCUT2D eigenvalue weighted by Crippen LogP contribution is 2.33. The van der Waals surface area contributed by atoms with Gasteiger partial charge in [0.2, 0.25) is 0 Å². The summed E-state index contributed by atoms with van der Waals surface area (Å²) in [5.74, 6) is 0.978. The number of hydrogen-bond acceptors (Lipinski definition) is 3. The van der Waals surface area contributed by atoms with E-state index in [0.29, 0.717) is 5.54 Å². The van der Waals surface area contributed by atoms with Gasteiger partial charge in [0.05, 0.1) is 0 Å². The maximum absolute atomic E-state index is 6.22. The summed E-state index contributed by atoms with van der Waals surface area (Å²) in [5.41, 5.74) is 6.54. The molecule has 2 rings (SSSR count). The van der Waals surface area contributed by atoms with Gasteiger partial charge in [0.1, 0.15) is 0 Å². The molecule has 0 amide bonds. The summed E-state index contributed by atoms with van der Waals surface area (Å²) in [5, 5.41) is 0. The van der Waals surface area contributed by atoms with Crippen molar-refractivity contribution in [2.75, 3.05) is 39.3 Å². The lowest BCUT2D eigenvalue weighted by molar-refractivity contribution is 0.00348. The summed E-state index contributed by atoms with van der Waals surface area (Å²) in [7, 11) is 0. The molecule has 3 nitrogen and oxygen atoms in total. The molecule has 2 saturated heterocycles. The highest BCUT2D eigenvalue weighted by molar-refractivity contribution is 4.97. The molecule has 118 valence electrons. The maximum atomic E-state index is 6.22. The first-order valence-electron chi connectivity index (χ1n) is 8.91. The summed E-state index contributed by atoms with van der Waals surface area (Å²) >= 11 is 0. The molecular weight excluding hydrogens is 246 g/mol. The summed E-state index contributed by atoms with van der Waals surface area (Å²) in [6.45, 7) is 11.8. The quantitative estimate of drug-likeness (QED) is 0.812. The standard InChI is InChI=1S/C17H35N3/c1-3-5-16-6-11-20(12-7-16)17(15-18)8-13-19(10-4-2)14-9-17/h16H,3-15,18H2,1-2H3. The Labute approximate surface area is 125 Å². The predicted molar refractivity (Wildman–Crippen MR) is 87.0 cm³/mol. The maximum Gasteiger partial charge on any atom is 0.0356 e. The highest BCUT2D eigenvalue weighted by Gasteiger charge is 2.39. The largest absolute Gasteiger partial charge is 0.329 e. The van der Waals surface area contributed by atoms with Crippen molar-refractivity contribution in [3.8, 4) is 0 Å². The van der Waals surface area contributed by atoms with Crippen LogP contribution in [0.15, 0.2) is 0 Å². The normalized spacial score (nSPS) is 25.9. The fraction of sp³-hybridized carbons (Fsp3) is 1.00. The van der Waals surface area contributed by atoms with E-state index in [4.69, 9.17) is 5.73 Å². The Morgan fingerprint density at radius 2 is 1.65 bits per heavy atom. The molecule has 0 aromatic carbocycles. The third-order valence-electron chi connectivity index (χ3n) is 5.69. The van der Waals surface area contributed by atoms with Crippen LogP contribution in [0.4, 0.5) is 0 Å². The van der Waals surface area contributed by atoms with Crippen LogP contribution in [0, 0.1) is 5.92 Å². The predicted octanol–water partition coefficient (Wildman–Crippen LogP) is 2.70. The molecule has 0 aromatic heterocycles. The Balaban J connectivity index is 1.86. The molecule has 2 heterocycles. The van der Waals surface area contributed by atoms with E-state index in [1.54, 1.807) is 0 Å². The van der Waals surface area contributed by atoms with Crippen LogP contribution in [0.2, 0.25) is 0 Å². The van der Waals surface area contributed by atoms with E-state index in [9.17, 15) is 0 Å². The molecule has 0 saturated carbocycles. The van der Waals surface area contributed by atoms with Crippen LogP contribution in [-0.2, 0) is 0 Å². The van der Waals surface area contributed by atoms with Gasteiger partial charge in [0.15, 0.2) is 0 Å². The zero-order valence-corrected chi connectivity index (χ0v) is 13.7. The van der Waals surface area contributed by atoms with Crippen molar-refractivity contribution in [2.45, 2.75) is 64.3 Å². The van der Waals surface area contributed by atoms with Crippen molar-refractivity contribution < 1.29 is 0 Å². The Kier molecular flexibility index (Phi) is 6.31. The third-order valence-corrected chi connectivity index (χ3v) is 5.69. The topological polar surface area (TPSA) is 32.5 Å². The van der Waals surface area contributed by atoms with Gasteiger partial charge in [-0.2, -0.15) is 0 Å². The fourth-order valence-electron chi connectivity index (χ4n) is 4.26. The van der Waals surface area contributed by atoms with Crippen molar-refractivity contribution in [3.63, 3.8) is 0 Å². The van der Waals surface area contributed by atoms with Crippen LogP contribution in [0.1, 0.15) is 58.8 Å². The molecule has 0 bridgehead atoms. The van der Waals surface area contributed by atoms with Crippen molar-refractivity contribution in [1.29, 1.82) is 0 Å². The smallest absolute Gasteiger partial charge is 0.0356 e. The average molecular weight is 281 g/mol. The first-order chi connectivity index (χ1) is 9.74.